The van der Waals surface area contributed by atoms with E-state index in [1.165, 1.54) is 16.3 Å². The number of carbonyl (C=O) groups is 1. The second-order valence-corrected chi connectivity index (χ2v) is 5.56. The first-order chi connectivity index (χ1) is 9.66. The molecule has 0 saturated carbocycles. The van der Waals surface area contributed by atoms with Gasteiger partial charge in [-0.25, -0.2) is 0 Å². The summed E-state index contributed by atoms with van der Waals surface area (Å²) in [6.07, 6.45) is 0.754. The highest BCUT2D eigenvalue weighted by Crippen LogP contribution is 2.31. The number of hydrogen-bond donors (Lipinski definition) is 1. The van der Waals surface area contributed by atoms with Crippen molar-refractivity contribution in [1.29, 1.82) is 0 Å². The van der Waals surface area contributed by atoms with E-state index in [1.54, 1.807) is 0 Å². The minimum Gasteiger partial charge on any atom is -0.481 e. The fourth-order valence-corrected chi connectivity index (χ4v) is 3.15. The fraction of sp³-hybridized carbons (Fsp3) is 0.353. The number of benzene rings is 2. The van der Waals surface area contributed by atoms with Gasteiger partial charge < -0.3 is 5.11 Å². The molecule has 0 aromatic heterocycles. The van der Waals surface area contributed by atoms with Crippen LogP contribution in [0.3, 0.4) is 0 Å². The number of hydrogen-bond acceptors (Lipinski definition) is 2. The molecule has 2 unspecified atom stereocenters. The largest absolute Gasteiger partial charge is 0.481 e. The number of nitrogens with zero attached hydrogens (tertiary/aromatic N) is 1. The normalized spacial score (nSPS) is 21.1. The average molecular weight is 269 g/mol. The lowest BCUT2D eigenvalue weighted by molar-refractivity contribution is -0.141. The van der Waals surface area contributed by atoms with Crippen molar-refractivity contribution < 1.29 is 9.90 Å². The van der Waals surface area contributed by atoms with Crippen LogP contribution in [0.4, 0.5) is 0 Å². The molecular weight excluding hydrogens is 250 g/mol. The molecule has 0 amide bonds. The average Bonchev–Trinajstić information content (AvgIpc) is 2.96. The van der Waals surface area contributed by atoms with E-state index in [-0.39, 0.29) is 12.0 Å². The highest BCUT2D eigenvalue weighted by atomic mass is 16.4. The van der Waals surface area contributed by atoms with Crippen LogP contribution < -0.4 is 0 Å². The summed E-state index contributed by atoms with van der Waals surface area (Å²) in [4.78, 5) is 13.4. The minimum atomic E-state index is -0.669. The minimum absolute atomic E-state index is 0.215. The van der Waals surface area contributed by atoms with E-state index < -0.39 is 5.97 Å². The summed E-state index contributed by atoms with van der Waals surface area (Å²) in [5, 5.41) is 11.6. The number of fused-ring (bicyclic) bond motifs is 1. The number of likely N-dealkylation sites (tertiary alicyclic amines) is 1. The van der Waals surface area contributed by atoms with Crippen LogP contribution in [0.2, 0.25) is 0 Å². The van der Waals surface area contributed by atoms with Crippen LogP contribution in [0.25, 0.3) is 10.8 Å². The third-order valence-corrected chi connectivity index (χ3v) is 4.39. The van der Waals surface area contributed by atoms with E-state index in [9.17, 15) is 4.79 Å². The van der Waals surface area contributed by atoms with Gasteiger partial charge in [0.1, 0.15) is 0 Å². The van der Waals surface area contributed by atoms with Crippen molar-refractivity contribution in [1.82, 2.24) is 4.90 Å². The zero-order valence-electron chi connectivity index (χ0n) is 11.6. The quantitative estimate of drug-likeness (QED) is 0.929. The van der Waals surface area contributed by atoms with Crippen molar-refractivity contribution in [3.63, 3.8) is 0 Å². The third kappa shape index (κ3) is 2.29. The maximum Gasteiger partial charge on any atom is 0.307 e. The van der Waals surface area contributed by atoms with Crippen LogP contribution in [-0.2, 0) is 4.79 Å². The van der Waals surface area contributed by atoms with E-state index in [2.05, 4.69) is 48.2 Å². The molecule has 1 heterocycles. The van der Waals surface area contributed by atoms with Crippen molar-refractivity contribution >= 4 is 16.7 Å². The maximum absolute atomic E-state index is 11.1. The Bertz CT molecular complexity index is 632. The van der Waals surface area contributed by atoms with Crippen molar-refractivity contribution in [2.75, 3.05) is 13.1 Å². The first-order valence-electron chi connectivity index (χ1n) is 7.11. The van der Waals surface area contributed by atoms with E-state index in [4.69, 9.17) is 5.11 Å². The van der Waals surface area contributed by atoms with E-state index in [0.717, 1.165) is 13.0 Å². The second kappa shape index (κ2) is 5.25. The fourth-order valence-electron chi connectivity index (χ4n) is 3.15. The highest BCUT2D eigenvalue weighted by Gasteiger charge is 2.31. The van der Waals surface area contributed by atoms with Gasteiger partial charge in [-0.15, -0.1) is 0 Å². The summed E-state index contributed by atoms with van der Waals surface area (Å²) in [6, 6.07) is 15.0. The van der Waals surface area contributed by atoms with Crippen LogP contribution in [0, 0.1) is 5.92 Å². The molecule has 0 radical (unpaired) electrons. The van der Waals surface area contributed by atoms with Gasteiger partial charge in [0.05, 0.1) is 5.92 Å². The SMILES string of the molecule is CC(c1cccc2ccccc12)N1CCC(C(=O)O)C1. The van der Waals surface area contributed by atoms with E-state index in [0.29, 0.717) is 6.54 Å². The summed E-state index contributed by atoms with van der Waals surface area (Å²) in [5.74, 6) is -0.884. The monoisotopic (exact) mass is 269 g/mol. The Balaban J connectivity index is 1.90. The van der Waals surface area contributed by atoms with Gasteiger partial charge in [-0.3, -0.25) is 9.69 Å². The second-order valence-electron chi connectivity index (χ2n) is 5.56. The molecule has 2 aromatic carbocycles. The van der Waals surface area contributed by atoms with Gasteiger partial charge in [0, 0.05) is 12.6 Å². The molecule has 0 aliphatic carbocycles. The number of carboxylic acid groups (broad SMARTS) is 1. The van der Waals surface area contributed by atoms with Crippen LogP contribution in [0.1, 0.15) is 24.9 Å². The van der Waals surface area contributed by atoms with Crippen LogP contribution in [0.5, 0.6) is 0 Å². The molecule has 0 spiro atoms. The lowest BCUT2D eigenvalue weighted by Crippen LogP contribution is -2.26. The molecule has 1 aliphatic rings. The third-order valence-electron chi connectivity index (χ3n) is 4.39. The summed E-state index contributed by atoms with van der Waals surface area (Å²) in [7, 11) is 0. The van der Waals surface area contributed by atoms with Gasteiger partial charge >= 0.3 is 5.97 Å². The Morgan fingerprint density at radius 2 is 2.00 bits per heavy atom. The highest BCUT2D eigenvalue weighted by molar-refractivity contribution is 5.86. The van der Waals surface area contributed by atoms with Crippen molar-refractivity contribution in [3.05, 3.63) is 48.0 Å². The Hall–Kier alpha value is -1.87. The molecule has 3 heteroatoms. The van der Waals surface area contributed by atoms with Gasteiger partial charge in [0.15, 0.2) is 0 Å². The molecule has 3 rings (SSSR count). The summed E-state index contributed by atoms with van der Waals surface area (Å²) in [5.41, 5.74) is 1.29. The molecule has 1 aliphatic heterocycles. The maximum atomic E-state index is 11.1. The van der Waals surface area contributed by atoms with Crippen molar-refractivity contribution in [2.45, 2.75) is 19.4 Å². The molecule has 3 nitrogen and oxygen atoms in total. The predicted octanol–water partition coefficient (Wildman–Crippen LogP) is 3.31. The van der Waals surface area contributed by atoms with Crippen LogP contribution >= 0.6 is 0 Å². The Labute approximate surface area is 118 Å². The van der Waals surface area contributed by atoms with Crippen molar-refractivity contribution in [2.24, 2.45) is 5.92 Å². The molecule has 20 heavy (non-hydrogen) atoms. The molecule has 104 valence electrons. The Kier molecular flexibility index (Phi) is 3.45. The number of rotatable bonds is 3. The van der Waals surface area contributed by atoms with Gasteiger partial charge in [0.25, 0.3) is 0 Å². The summed E-state index contributed by atoms with van der Waals surface area (Å²) >= 11 is 0. The lowest BCUT2D eigenvalue weighted by atomic mass is 9.99. The van der Waals surface area contributed by atoms with E-state index in [1.807, 2.05) is 6.07 Å². The molecule has 2 aromatic rings. The Morgan fingerprint density at radius 1 is 1.25 bits per heavy atom. The smallest absolute Gasteiger partial charge is 0.307 e. The van der Waals surface area contributed by atoms with Crippen LogP contribution in [-0.4, -0.2) is 29.1 Å². The van der Waals surface area contributed by atoms with Gasteiger partial charge in [0.2, 0.25) is 0 Å². The molecule has 2 atom stereocenters. The zero-order chi connectivity index (χ0) is 14.1. The lowest BCUT2D eigenvalue weighted by Gasteiger charge is -2.25. The topological polar surface area (TPSA) is 40.5 Å². The standard InChI is InChI=1S/C17H19NO2/c1-12(18-10-9-14(11-18)17(19)20)15-8-4-6-13-5-2-3-7-16(13)15/h2-8,12,14H,9-11H2,1H3,(H,19,20). The molecule has 0 bridgehead atoms. The van der Waals surface area contributed by atoms with Gasteiger partial charge in [-0.2, -0.15) is 0 Å². The number of carboxylic acids is 1. The van der Waals surface area contributed by atoms with Crippen LogP contribution in [0.15, 0.2) is 42.5 Å². The number of aliphatic carboxylic acids is 1. The first-order valence-corrected chi connectivity index (χ1v) is 7.11. The van der Waals surface area contributed by atoms with Gasteiger partial charge in [-0.1, -0.05) is 42.5 Å². The molecule has 1 saturated heterocycles. The van der Waals surface area contributed by atoms with Crippen molar-refractivity contribution in [3.8, 4) is 0 Å². The predicted molar refractivity (Wildman–Crippen MR) is 79.7 cm³/mol. The Morgan fingerprint density at radius 3 is 2.75 bits per heavy atom. The molecular formula is C17H19NO2. The zero-order valence-corrected chi connectivity index (χ0v) is 11.6. The molecule has 1 N–H and O–H groups in total. The summed E-state index contributed by atoms with van der Waals surface area (Å²) in [6.45, 7) is 3.69. The first kappa shape index (κ1) is 13.1. The molecule has 1 fully saturated rings. The summed E-state index contributed by atoms with van der Waals surface area (Å²) < 4.78 is 0. The van der Waals surface area contributed by atoms with E-state index >= 15 is 0 Å². The van der Waals surface area contributed by atoms with Gasteiger partial charge in [-0.05, 0) is 36.2 Å².